The normalized spacial score (nSPS) is 18.9. The number of benzene rings is 2. The number of halogens is 5. The zero-order valence-corrected chi connectivity index (χ0v) is 21.6. The van der Waals surface area contributed by atoms with Gasteiger partial charge >= 0.3 is 12.1 Å². The summed E-state index contributed by atoms with van der Waals surface area (Å²) in [5, 5.41) is 11.2. The number of hydrogen-bond acceptors (Lipinski definition) is 4. The van der Waals surface area contributed by atoms with Gasteiger partial charge in [0, 0.05) is 30.5 Å². The van der Waals surface area contributed by atoms with Gasteiger partial charge in [0.25, 0.3) is 11.8 Å². The number of nitrogens with one attached hydrogen (secondary N) is 1. The molecule has 0 bridgehead atoms. The molecule has 7 nitrogen and oxygen atoms in total. The summed E-state index contributed by atoms with van der Waals surface area (Å²) in [6.45, 7) is 1.76. The van der Waals surface area contributed by atoms with Crippen LogP contribution >= 0.6 is 0 Å². The van der Waals surface area contributed by atoms with Crippen molar-refractivity contribution < 1.29 is 41.4 Å². The van der Waals surface area contributed by atoms with E-state index in [9.17, 15) is 36.3 Å². The summed E-state index contributed by atoms with van der Waals surface area (Å²) >= 11 is 0. The molecule has 2 aromatic rings. The van der Waals surface area contributed by atoms with Gasteiger partial charge in [0.15, 0.2) is 0 Å². The number of aliphatic imine (C=N–C) groups is 1. The van der Waals surface area contributed by atoms with Crippen molar-refractivity contribution in [3.63, 3.8) is 0 Å². The Morgan fingerprint density at radius 2 is 1.62 bits per heavy atom. The topological polar surface area (TPSA) is 99.1 Å². The van der Waals surface area contributed by atoms with Crippen LogP contribution in [-0.2, 0) is 15.8 Å². The summed E-state index contributed by atoms with van der Waals surface area (Å²) in [6.07, 6.45) is -5.63. The van der Waals surface area contributed by atoms with Crippen molar-refractivity contribution in [3.8, 4) is 0 Å². The fraction of sp³-hybridized carbons (Fsp3) is 0.429. The maximum atomic E-state index is 14.2. The van der Waals surface area contributed by atoms with Gasteiger partial charge in [-0.2, -0.15) is 13.2 Å². The van der Waals surface area contributed by atoms with Gasteiger partial charge in [-0.15, -0.1) is 0 Å². The fourth-order valence-corrected chi connectivity index (χ4v) is 5.23. The lowest BCUT2D eigenvalue weighted by atomic mass is 9.84. The Morgan fingerprint density at radius 3 is 2.15 bits per heavy atom. The van der Waals surface area contributed by atoms with E-state index in [0.717, 1.165) is 24.3 Å². The van der Waals surface area contributed by atoms with Gasteiger partial charge in [-0.1, -0.05) is 31.2 Å². The van der Waals surface area contributed by atoms with Gasteiger partial charge in [-0.3, -0.25) is 19.4 Å². The van der Waals surface area contributed by atoms with Crippen molar-refractivity contribution in [1.29, 1.82) is 0 Å². The molecule has 0 unspecified atom stereocenters. The number of rotatable bonds is 8. The first-order valence-corrected chi connectivity index (χ1v) is 12.9. The summed E-state index contributed by atoms with van der Waals surface area (Å²) in [7, 11) is 0. The number of amides is 2. The van der Waals surface area contributed by atoms with Crippen molar-refractivity contribution in [3.05, 3.63) is 70.8 Å². The quantitative estimate of drug-likeness (QED) is 0.407. The van der Waals surface area contributed by atoms with E-state index in [1.165, 1.54) is 17.0 Å². The largest absolute Gasteiger partial charge is 0.481 e. The molecular weight excluding hydrogens is 537 g/mol. The van der Waals surface area contributed by atoms with E-state index < -0.39 is 60.0 Å². The molecule has 4 rings (SSSR count). The molecule has 2 aromatic carbocycles. The molecule has 0 aromatic heterocycles. The number of aliphatic carboxylic acids is 1. The molecule has 2 aliphatic rings. The highest BCUT2D eigenvalue weighted by Crippen LogP contribution is 2.48. The van der Waals surface area contributed by atoms with Crippen LogP contribution in [0.25, 0.3) is 0 Å². The van der Waals surface area contributed by atoms with Crippen LogP contribution in [-0.4, -0.2) is 51.6 Å². The molecule has 2 N–H and O–H groups in total. The zero-order chi connectivity index (χ0) is 29.3. The molecule has 0 saturated heterocycles. The number of alkyl halides is 5. The third-order valence-electron chi connectivity index (χ3n) is 7.34. The lowest BCUT2D eigenvalue weighted by Crippen LogP contribution is -2.52. The molecule has 40 heavy (non-hydrogen) atoms. The maximum Gasteiger partial charge on any atom is 0.416 e. The Morgan fingerprint density at radius 1 is 1.02 bits per heavy atom. The number of nitrogens with zero attached hydrogens (tertiary/aromatic N) is 2. The summed E-state index contributed by atoms with van der Waals surface area (Å²) in [4.78, 5) is 42.9. The van der Waals surface area contributed by atoms with Crippen LogP contribution in [0.3, 0.4) is 0 Å². The lowest BCUT2D eigenvalue weighted by Gasteiger charge is -2.45. The molecule has 1 aliphatic carbocycles. The number of hydrogen-bond donors (Lipinski definition) is 2. The predicted molar refractivity (Wildman–Crippen MR) is 135 cm³/mol. The first-order valence-electron chi connectivity index (χ1n) is 12.9. The van der Waals surface area contributed by atoms with E-state index in [1.54, 1.807) is 12.1 Å². The number of carboxylic acids is 1. The SMILES string of the molecule is CC[C@H](c1ccc(C(=O)NCCC(=O)O)cc1)N1C(=O)C(c2ccc(C(F)(F)F)cc2)=NC12CCC(F)(F)CC2. The van der Waals surface area contributed by atoms with Crippen LogP contribution in [0.1, 0.15) is 78.5 Å². The minimum absolute atomic E-state index is 0.0486. The number of carbonyl (C=O) groups excluding carboxylic acids is 2. The van der Waals surface area contributed by atoms with Gasteiger partial charge < -0.3 is 15.3 Å². The monoisotopic (exact) mass is 565 g/mol. The van der Waals surface area contributed by atoms with Crippen LogP contribution in [0.4, 0.5) is 22.0 Å². The second kappa shape index (κ2) is 11.0. The molecular formula is C28H28F5N3O4. The highest BCUT2D eigenvalue weighted by Gasteiger charge is 2.54. The first-order chi connectivity index (χ1) is 18.8. The minimum atomic E-state index is -4.56. The van der Waals surface area contributed by atoms with Crippen LogP contribution < -0.4 is 5.32 Å². The van der Waals surface area contributed by atoms with Gasteiger partial charge in [0.05, 0.1) is 18.0 Å². The zero-order valence-electron chi connectivity index (χ0n) is 21.6. The van der Waals surface area contributed by atoms with Crippen molar-refractivity contribution in [2.24, 2.45) is 4.99 Å². The molecule has 0 radical (unpaired) electrons. The molecule has 1 atom stereocenters. The fourth-order valence-electron chi connectivity index (χ4n) is 5.23. The highest BCUT2D eigenvalue weighted by atomic mass is 19.4. The Labute approximate surface area is 227 Å². The van der Waals surface area contributed by atoms with Crippen molar-refractivity contribution in [1.82, 2.24) is 10.2 Å². The Hall–Kier alpha value is -3.83. The molecule has 1 fully saturated rings. The van der Waals surface area contributed by atoms with Gasteiger partial charge in [0.1, 0.15) is 11.4 Å². The van der Waals surface area contributed by atoms with Crippen LogP contribution in [0.5, 0.6) is 0 Å². The number of carbonyl (C=O) groups is 3. The third-order valence-corrected chi connectivity index (χ3v) is 7.34. The molecule has 1 spiro atoms. The van der Waals surface area contributed by atoms with Gasteiger partial charge in [-0.05, 0) is 49.1 Å². The molecule has 1 heterocycles. The second-order valence-corrected chi connectivity index (χ2v) is 9.99. The highest BCUT2D eigenvalue weighted by molar-refractivity contribution is 6.46. The average molecular weight is 566 g/mol. The molecule has 2 amide bonds. The van der Waals surface area contributed by atoms with Crippen LogP contribution in [0.2, 0.25) is 0 Å². The molecule has 1 aliphatic heterocycles. The first kappa shape index (κ1) is 29.2. The van der Waals surface area contributed by atoms with Crippen LogP contribution in [0.15, 0.2) is 53.5 Å². The Balaban J connectivity index is 1.65. The predicted octanol–water partition coefficient (Wildman–Crippen LogP) is 5.60. The maximum absolute atomic E-state index is 14.2. The summed E-state index contributed by atoms with van der Waals surface area (Å²) in [5.41, 5.74) is -1.19. The van der Waals surface area contributed by atoms with Gasteiger partial charge in [-0.25, -0.2) is 8.78 Å². The van der Waals surface area contributed by atoms with E-state index in [1.807, 2.05) is 6.92 Å². The van der Waals surface area contributed by atoms with E-state index in [0.29, 0.717) is 12.0 Å². The van der Waals surface area contributed by atoms with Crippen molar-refractivity contribution in [2.75, 3.05) is 6.54 Å². The lowest BCUT2D eigenvalue weighted by molar-refractivity contribution is -0.138. The number of carboxylic acid groups (broad SMARTS) is 1. The van der Waals surface area contributed by atoms with Crippen molar-refractivity contribution in [2.45, 2.75) is 69.3 Å². The second-order valence-electron chi connectivity index (χ2n) is 9.99. The Kier molecular flexibility index (Phi) is 8.00. The standard InChI is InChI=1S/C28H28F5N3O4/c1-2-21(17-3-5-19(6-4-17)24(39)34-16-11-22(37)38)36-25(40)23(18-7-9-20(10-8-18)28(31,32)33)35-27(36)14-12-26(29,30)13-15-27/h3-10,21H,2,11-16H2,1H3,(H,34,39)(H,37,38)/t21-/m1/s1. The van der Waals surface area contributed by atoms with Crippen LogP contribution in [0, 0.1) is 0 Å². The summed E-state index contributed by atoms with van der Waals surface area (Å²) < 4.78 is 67.6. The molecule has 1 saturated carbocycles. The third kappa shape index (κ3) is 6.00. The summed E-state index contributed by atoms with van der Waals surface area (Å²) in [6, 6.07) is 9.73. The Bertz CT molecular complexity index is 1300. The minimum Gasteiger partial charge on any atom is -0.481 e. The van der Waals surface area contributed by atoms with Gasteiger partial charge in [0.2, 0.25) is 5.92 Å². The van der Waals surface area contributed by atoms with E-state index >= 15 is 0 Å². The average Bonchev–Trinajstić information content (AvgIpc) is 3.18. The molecule has 214 valence electrons. The van der Waals surface area contributed by atoms with E-state index in [-0.39, 0.29) is 42.6 Å². The van der Waals surface area contributed by atoms with E-state index in [4.69, 9.17) is 5.11 Å². The van der Waals surface area contributed by atoms with Crippen molar-refractivity contribution >= 4 is 23.5 Å². The van der Waals surface area contributed by atoms with E-state index in [2.05, 4.69) is 10.3 Å². The molecule has 12 heteroatoms. The smallest absolute Gasteiger partial charge is 0.416 e. The summed E-state index contributed by atoms with van der Waals surface area (Å²) in [5.74, 6) is -5.00.